The summed E-state index contributed by atoms with van der Waals surface area (Å²) >= 11 is 0. The number of rotatable bonds is 9. The number of benzene rings is 3. The summed E-state index contributed by atoms with van der Waals surface area (Å²) in [7, 11) is 0. The summed E-state index contributed by atoms with van der Waals surface area (Å²) < 4.78 is 38.8. The van der Waals surface area contributed by atoms with E-state index in [0.29, 0.717) is 31.0 Å². The highest BCUT2D eigenvalue weighted by molar-refractivity contribution is 5.74. The number of hydrogen-bond donors (Lipinski definition) is 2. The average molecular weight is 576 g/mol. The Balaban J connectivity index is 1.19. The summed E-state index contributed by atoms with van der Waals surface area (Å²) in [5.41, 5.74) is 4.00. The zero-order valence-electron chi connectivity index (χ0n) is 23.7. The van der Waals surface area contributed by atoms with Crippen LogP contribution in [0.25, 0.3) is 11.4 Å². The third-order valence-corrected chi connectivity index (χ3v) is 7.83. The van der Waals surface area contributed by atoms with Crippen LogP contribution in [0.2, 0.25) is 0 Å². The van der Waals surface area contributed by atoms with Crippen LogP contribution in [0.5, 0.6) is 0 Å². The standard InChI is InChI=1S/C33H36F3N5O/c1-24-30(39-31(38-24)27-12-14-28(15-13-27)33(34,35)36)23-40-20-17-29(18-21-40)41(22-26-10-6-3-7-11-26)32(42)37-19-16-25-8-4-2-5-9-25/h2-15,29H,16-23H2,1H3,(H,37,42)(H,38,39). The maximum Gasteiger partial charge on any atom is 0.416 e. The number of nitrogens with zero attached hydrogens (tertiary/aromatic N) is 3. The lowest BCUT2D eigenvalue weighted by Gasteiger charge is -2.38. The van der Waals surface area contributed by atoms with Gasteiger partial charge in [0.1, 0.15) is 5.82 Å². The normalized spacial score (nSPS) is 14.6. The summed E-state index contributed by atoms with van der Waals surface area (Å²) in [6.07, 6.45) is -1.90. The Hall–Kier alpha value is -4.11. The van der Waals surface area contributed by atoms with E-state index in [2.05, 4.69) is 27.3 Å². The molecule has 5 rings (SSSR count). The monoisotopic (exact) mass is 575 g/mol. The van der Waals surface area contributed by atoms with Crippen LogP contribution in [0.4, 0.5) is 18.0 Å². The van der Waals surface area contributed by atoms with Crippen molar-refractivity contribution in [1.29, 1.82) is 0 Å². The van der Waals surface area contributed by atoms with Crippen LogP contribution >= 0.6 is 0 Å². The topological polar surface area (TPSA) is 64.3 Å². The van der Waals surface area contributed by atoms with Crippen molar-refractivity contribution in [2.24, 2.45) is 0 Å². The second kappa shape index (κ2) is 13.2. The molecule has 1 fully saturated rings. The average Bonchev–Trinajstić information content (AvgIpc) is 3.36. The fourth-order valence-corrected chi connectivity index (χ4v) is 5.41. The van der Waals surface area contributed by atoms with Crippen molar-refractivity contribution in [3.8, 4) is 11.4 Å². The Morgan fingerprint density at radius 2 is 1.57 bits per heavy atom. The number of halogens is 3. The molecule has 1 aliphatic heterocycles. The van der Waals surface area contributed by atoms with Crippen molar-refractivity contribution >= 4 is 6.03 Å². The molecule has 1 aromatic heterocycles. The lowest BCUT2D eigenvalue weighted by atomic mass is 10.0. The predicted molar refractivity (Wildman–Crippen MR) is 158 cm³/mol. The van der Waals surface area contributed by atoms with Gasteiger partial charge in [0.15, 0.2) is 0 Å². The largest absolute Gasteiger partial charge is 0.416 e. The van der Waals surface area contributed by atoms with Gasteiger partial charge in [-0.3, -0.25) is 4.90 Å². The van der Waals surface area contributed by atoms with Crippen molar-refractivity contribution in [1.82, 2.24) is 25.1 Å². The Morgan fingerprint density at radius 1 is 0.952 bits per heavy atom. The van der Waals surface area contributed by atoms with Gasteiger partial charge in [-0.1, -0.05) is 72.8 Å². The summed E-state index contributed by atoms with van der Waals surface area (Å²) in [5.74, 6) is 0.562. The van der Waals surface area contributed by atoms with Gasteiger partial charge >= 0.3 is 12.2 Å². The van der Waals surface area contributed by atoms with Crippen LogP contribution in [0, 0.1) is 6.92 Å². The van der Waals surface area contributed by atoms with Gasteiger partial charge in [0.2, 0.25) is 0 Å². The first kappa shape index (κ1) is 29.4. The number of carbonyl (C=O) groups excluding carboxylic acids is 1. The van der Waals surface area contributed by atoms with Gasteiger partial charge in [0.05, 0.1) is 11.3 Å². The van der Waals surface area contributed by atoms with E-state index in [0.717, 1.165) is 61.4 Å². The molecule has 4 aromatic rings. The molecule has 0 bridgehead atoms. The SMILES string of the molecule is Cc1[nH]c(-c2ccc(C(F)(F)F)cc2)nc1CN1CCC(N(Cc2ccccc2)C(=O)NCCc2ccccc2)CC1. The molecular formula is C33H36F3N5O. The van der Waals surface area contributed by atoms with Crippen LogP contribution < -0.4 is 5.32 Å². The molecule has 1 aliphatic rings. The van der Waals surface area contributed by atoms with Crippen LogP contribution in [0.1, 0.15) is 40.9 Å². The first-order valence-electron chi connectivity index (χ1n) is 14.3. The van der Waals surface area contributed by atoms with Crippen molar-refractivity contribution in [2.45, 2.75) is 51.5 Å². The molecule has 0 aliphatic carbocycles. The zero-order chi connectivity index (χ0) is 29.5. The number of nitrogens with one attached hydrogen (secondary N) is 2. The number of aromatic amines is 1. The smallest absolute Gasteiger partial charge is 0.342 e. The predicted octanol–water partition coefficient (Wildman–Crippen LogP) is 6.82. The minimum absolute atomic E-state index is 0.0439. The first-order chi connectivity index (χ1) is 20.3. The number of piperidine rings is 1. The van der Waals surface area contributed by atoms with Gasteiger partial charge in [-0.25, -0.2) is 9.78 Å². The number of imidazole rings is 1. The maximum atomic E-state index is 13.4. The number of urea groups is 1. The third kappa shape index (κ3) is 7.59. The molecule has 42 heavy (non-hydrogen) atoms. The van der Waals surface area contributed by atoms with Gasteiger partial charge < -0.3 is 15.2 Å². The van der Waals surface area contributed by atoms with Crippen LogP contribution in [-0.2, 0) is 25.7 Å². The van der Waals surface area contributed by atoms with E-state index in [4.69, 9.17) is 4.98 Å². The van der Waals surface area contributed by atoms with E-state index < -0.39 is 11.7 Å². The van der Waals surface area contributed by atoms with Crippen molar-refractivity contribution in [3.63, 3.8) is 0 Å². The minimum Gasteiger partial charge on any atom is -0.342 e. The molecule has 0 atom stereocenters. The van der Waals surface area contributed by atoms with Crippen molar-refractivity contribution < 1.29 is 18.0 Å². The molecule has 0 radical (unpaired) electrons. The lowest BCUT2D eigenvalue weighted by molar-refractivity contribution is -0.137. The molecule has 0 unspecified atom stereocenters. The van der Waals surface area contributed by atoms with Crippen molar-refractivity contribution in [2.75, 3.05) is 19.6 Å². The highest BCUT2D eigenvalue weighted by atomic mass is 19.4. The molecule has 6 nitrogen and oxygen atoms in total. The molecule has 0 saturated carbocycles. The van der Waals surface area contributed by atoms with Gasteiger partial charge in [-0.15, -0.1) is 0 Å². The number of hydrogen-bond acceptors (Lipinski definition) is 3. The van der Waals surface area contributed by atoms with E-state index in [1.54, 1.807) is 0 Å². The fraction of sp³-hybridized carbons (Fsp3) is 0.333. The fourth-order valence-electron chi connectivity index (χ4n) is 5.41. The van der Waals surface area contributed by atoms with Crippen molar-refractivity contribution in [3.05, 3.63) is 113 Å². The Labute approximate surface area is 244 Å². The number of alkyl halides is 3. The number of H-pyrrole nitrogens is 1. The number of aromatic nitrogens is 2. The molecule has 2 N–H and O–H groups in total. The van der Waals surface area contributed by atoms with Crippen LogP contribution in [-0.4, -0.2) is 51.5 Å². The Kier molecular flexibility index (Phi) is 9.27. The second-order valence-corrected chi connectivity index (χ2v) is 10.8. The first-order valence-corrected chi connectivity index (χ1v) is 14.3. The summed E-state index contributed by atoms with van der Waals surface area (Å²) in [6, 6.07) is 25.3. The molecule has 2 heterocycles. The minimum atomic E-state index is -4.37. The quantitative estimate of drug-likeness (QED) is 0.230. The van der Waals surface area contributed by atoms with Crippen LogP contribution in [0.3, 0.4) is 0 Å². The molecule has 1 saturated heterocycles. The molecule has 9 heteroatoms. The van der Waals surface area contributed by atoms with E-state index in [1.165, 1.54) is 17.7 Å². The highest BCUT2D eigenvalue weighted by Gasteiger charge is 2.31. The second-order valence-electron chi connectivity index (χ2n) is 10.8. The molecule has 0 spiro atoms. The van der Waals surface area contributed by atoms with Gasteiger partial charge in [-0.05, 0) is 49.4 Å². The molecule has 2 amide bonds. The molecule has 3 aromatic carbocycles. The third-order valence-electron chi connectivity index (χ3n) is 7.83. The summed E-state index contributed by atoms with van der Waals surface area (Å²) in [6.45, 7) is 5.33. The summed E-state index contributed by atoms with van der Waals surface area (Å²) in [4.78, 5) is 25.6. The van der Waals surface area contributed by atoms with E-state index in [-0.39, 0.29) is 12.1 Å². The molecular weight excluding hydrogens is 539 g/mol. The van der Waals surface area contributed by atoms with Gasteiger partial charge in [0.25, 0.3) is 0 Å². The number of carbonyl (C=O) groups is 1. The molecule has 220 valence electrons. The van der Waals surface area contributed by atoms with Gasteiger partial charge in [-0.2, -0.15) is 13.2 Å². The number of amides is 2. The van der Waals surface area contributed by atoms with E-state index in [9.17, 15) is 18.0 Å². The highest BCUT2D eigenvalue weighted by Crippen LogP contribution is 2.31. The lowest BCUT2D eigenvalue weighted by Crippen LogP contribution is -2.50. The number of likely N-dealkylation sites (tertiary alicyclic amines) is 1. The zero-order valence-corrected chi connectivity index (χ0v) is 23.7. The Morgan fingerprint density at radius 3 is 2.19 bits per heavy atom. The van der Waals surface area contributed by atoms with Gasteiger partial charge in [0, 0.05) is 50.0 Å². The van der Waals surface area contributed by atoms with Crippen LogP contribution in [0.15, 0.2) is 84.9 Å². The van der Waals surface area contributed by atoms with E-state index >= 15 is 0 Å². The summed E-state index contributed by atoms with van der Waals surface area (Å²) in [5, 5.41) is 3.13. The van der Waals surface area contributed by atoms with E-state index in [1.807, 2.05) is 60.4 Å². The number of aryl methyl sites for hydroxylation is 1. The Bertz CT molecular complexity index is 1430. The maximum absolute atomic E-state index is 13.4.